The van der Waals surface area contributed by atoms with Crippen molar-refractivity contribution in [2.24, 2.45) is 5.92 Å². The Morgan fingerprint density at radius 2 is 1.95 bits per heavy atom. The van der Waals surface area contributed by atoms with E-state index in [1.54, 1.807) is 0 Å². The summed E-state index contributed by atoms with van der Waals surface area (Å²) in [5, 5.41) is 12.7. The van der Waals surface area contributed by atoms with Crippen LogP contribution in [0.4, 0.5) is 0 Å². The fourth-order valence-corrected chi connectivity index (χ4v) is 2.41. The number of likely N-dealkylation sites (N-methyl/N-ethyl adjacent to an activating group) is 1. The standard InChI is InChI=1S/C16H35NO2/c1-5-8-10-15(6-2)13-19-12-9-11-16(7-3,14-18)17-4/h15,17-18H,5-14H2,1-4H3. The Labute approximate surface area is 120 Å². The van der Waals surface area contributed by atoms with Crippen LogP contribution in [0.3, 0.4) is 0 Å². The molecule has 0 saturated heterocycles. The summed E-state index contributed by atoms with van der Waals surface area (Å²) >= 11 is 0. The van der Waals surface area contributed by atoms with E-state index < -0.39 is 0 Å². The van der Waals surface area contributed by atoms with Gasteiger partial charge in [0.15, 0.2) is 0 Å². The Morgan fingerprint density at radius 3 is 2.42 bits per heavy atom. The molecule has 3 nitrogen and oxygen atoms in total. The molecule has 2 atom stereocenters. The molecule has 0 aromatic carbocycles. The quantitative estimate of drug-likeness (QED) is 0.506. The van der Waals surface area contributed by atoms with E-state index in [2.05, 4.69) is 26.1 Å². The highest BCUT2D eigenvalue weighted by atomic mass is 16.5. The highest BCUT2D eigenvalue weighted by molar-refractivity contribution is 4.84. The maximum absolute atomic E-state index is 9.45. The second kappa shape index (κ2) is 11.7. The largest absolute Gasteiger partial charge is 0.394 e. The number of aliphatic hydroxyl groups excluding tert-OH is 1. The molecule has 3 heteroatoms. The molecule has 0 aromatic heterocycles. The van der Waals surface area contributed by atoms with Crippen LogP contribution >= 0.6 is 0 Å². The lowest BCUT2D eigenvalue weighted by atomic mass is 9.92. The van der Waals surface area contributed by atoms with Gasteiger partial charge in [-0.1, -0.05) is 40.0 Å². The van der Waals surface area contributed by atoms with E-state index in [9.17, 15) is 5.11 Å². The molecule has 0 spiro atoms. The first kappa shape index (κ1) is 18.9. The van der Waals surface area contributed by atoms with E-state index >= 15 is 0 Å². The lowest BCUT2D eigenvalue weighted by Crippen LogP contribution is -2.46. The molecule has 116 valence electrons. The van der Waals surface area contributed by atoms with Crippen LogP contribution in [0.5, 0.6) is 0 Å². The van der Waals surface area contributed by atoms with E-state index in [4.69, 9.17) is 4.74 Å². The van der Waals surface area contributed by atoms with Gasteiger partial charge in [-0.3, -0.25) is 0 Å². The molecule has 0 aliphatic rings. The van der Waals surface area contributed by atoms with E-state index in [1.807, 2.05) is 7.05 Å². The van der Waals surface area contributed by atoms with E-state index in [0.29, 0.717) is 0 Å². The zero-order chi connectivity index (χ0) is 14.6. The van der Waals surface area contributed by atoms with Crippen molar-refractivity contribution >= 4 is 0 Å². The van der Waals surface area contributed by atoms with Gasteiger partial charge in [-0.15, -0.1) is 0 Å². The van der Waals surface area contributed by atoms with Gasteiger partial charge in [0, 0.05) is 18.8 Å². The van der Waals surface area contributed by atoms with Crippen molar-refractivity contribution in [1.82, 2.24) is 5.32 Å². The predicted octanol–water partition coefficient (Wildman–Crippen LogP) is 3.36. The summed E-state index contributed by atoms with van der Waals surface area (Å²) in [6, 6.07) is 0. The maximum atomic E-state index is 9.45. The molecule has 0 rings (SSSR count). The maximum Gasteiger partial charge on any atom is 0.0613 e. The SMILES string of the molecule is CCCCC(CC)COCCCC(CC)(CO)NC. The Morgan fingerprint density at radius 1 is 1.21 bits per heavy atom. The molecule has 0 aromatic rings. The monoisotopic (exact) mass is 273 g/mol. The highest BCUT2D eigenvalue weighted by Gasteiger charge is 2.24. The normalized spacial score (nSPS) is 16.3. The number of hydrogen-bond acceptors (Lipinski definition) is 3. The molecular weight excluding hydrogens is 238 g/mol. The lowest BCUT2D eigenvalue weighted by Gasteiger charge is -2.30. The molecule has 0 aliphatic carbocycles. The molecule has 0 fully saturated rings. The van der Waals surface area contributed by atoms with E-state index in [0.717, 1.165) is 38.4 Å². The molecule has 2 unspecified atom stereocenters. The van der Waals surface area contributed by atoms with Gasteiger partial charge in [-0.25, -0.2) is 0 Å². The summed E-state index contributed by atoms with van der Waals surface area (Å²) in [7, 11) is 1.93. The minimum Gasteiger partial charge on any atom is -0.394 e. The van der Waals surface area contributed by atoms with Crippen molar-refractivity contribution in [3.05, 3.63) is 0 Å². The second-order valence-corrected chi connectivity index (χ2v) is 5.64. The minimum absolute atomic E-state index is 0.115. The first-order chi connectivity index (χ1) is 9.17. The van der Waals surface area contributed by atoms with Gasteiger partial charge in [0.25, 0.3) is 0 Å². The molecule has 0 radical (unpaired) electrons. The van der Waals surface area contributed by atoms with Crippen LogP contribution in [0.1, 0.15) is 65.7 Å². The van der Waals surface area contributed by atoms with Crippen molar-refractivity contribution in [1.29, 1.82) is 0 Å². The Hall–Kier alpha value is -0.120. The van der Waals surface area contributed by atoms with Crippen LogP contribution in [0, 0.1) is 5.92 Å². The summed E-state index contributed by atoms with van der Waals surface area (Å²) in [4.78, 5) is 0. The number of ether oxygens (including phenoxy) is 1. The van der Waals surface area contributed by atoms with Crippen LogP contribution in [-0.4, -0.2) is 37.5 Å². The lowest BCUT2D eigenvalue weighted by molar-refractivity contribution is 0.0788. The van der Waals surface area contributed by atoms with Crippen molar-refractivity contribution in [2.75, 3.05) is 26.9 Å². The molecule has 0 amide bonds. The third-order valence-electron chi connectivity index (χ3n) is 4.35. The van der Waals surface area contributed by atoms with Gasteiger partial charge in [-0.2, -0.15) is 0 Å². The van der Waals surface area contributed by atoms with Crippen LogP contribution in [0.15, 0.2) is 0 Å². The number of aliphatic hydroxyl groups is 1. The molecule has 0 aliphatic heterocycles. The van der Waals surface area contributed by atoms with Crippen LogP contribution in [0.2, 0.25) is 0 Å². The Kier molecular flexibility index (Phi) is 11.6. The fourth-order valence-electron chi connectivity index (χ4n) is 2.41. The Bertz CT molecular complexity index is 185. The first-order valence-electron chi connectivity index (χ1n) is 8.05. The van der Waals surface area contributed by atoms with Gasteiger partial charge in [-0.05, 0) is 38.6 Å². The fraction of sp³-hybridized carbons (Fsp3) is 1.00. The van der Waals surface area contributed by atoms with Crippen LogP contribution in [-0.2, 0) is 4.74 Å². The highest BCUT2D eigenvalue weighted by Crippen LogP contribution is 2.17. The van der Waals surface area contributed by atoms with Crippen LogP contribution in [0.25, 0.3) is 0 Å². The molecule has 19 heavy (non-hydrogen) atoms. The third kappa shape index (κ3) is 7.91. The summed E-state index contributed by atoms with van der Waals surface area (Å²) < 4.78 is 5.80. The second-order valence-electron chi connectivity index (χ2n) is 5.64. The van der Waals surface area contributed by atoms with Gasteiger partial charge >= 0.3 is 0 Å². The Balaban J connectivity index is 3.72. The van der Waals surface area contributed by atoms with Gasteiger partial charge < -0.3 is 15.2 Å². The van der Waals surface area contributed by atoms with Crippen molar-refractivity contribution in [3.8, 4) is 0 Å². The first-order valence-corrected chi connectivity index (χ1v) is 8.05. The van der Waals surface area contributed by atoms with Gasteiger partial charge in [0.2, 0.25) is 0 Å². The topological polar surface area (TPSA) is 41.5 Å². The third-order valence-corrected chi connectivity index (χ3v) is 4.35. The van der Waals surface area contributed by atoms with E-state index in [-0.39, 0.29) is 12.1 Å². The summed E-state index contributed by atoms with van der Waals surface area (Å²) in [5.41, 5.74) is -0.115. The molecular formula is C16H35NO2. The summed E-state index contributed by atoms with van der Waals surface area (Å²) in [5.74, 6) is 0.720. The number of unbranched alkanes of at least 4 members (excludes halogenated alkanes) is 1. The zero-order valence-electron chi connectivity index (χ0n) is 13.5. The van der Waals surface area contributed by atoms with Gasteiger partial charge in [0.1, 0.15) is 0 Å². The van der Waals surface area contributed by atoms with Crippen molar-refractivity contribution in [2.45, 2.75) is 71.3 Å². The summed E-state index contributed by atoms with van der Waals surface area (Å²) in [6.07, 6.45) is 8.03. The number of nitrogens with one attached hydrogen (secondary N) is 1. The van der Waals surface area contributed by atoms with Gasteiger partial charge in [0.05, 0.1) is 6.61 Å². The average molecular weight is 273 g/mol. The average Bonchev–Trinajstić information content (AvgIpc) is 2.46. The minimum atomic E-state index is -0.115. The molecule has 0 saturated carbocycles. The number of rotatable bonds is 13. The van der Waals surface area contributed by atoms with E-state index in [1.165, 1.54) is 25.7 Å². The van der Waals surface area contributed by atoms with Crippen molar-refractivity contribution < 1.29 is 9.84 Å². The predicted molar refractivity (Wildman–Crippen MR) is 82.5 cm³/mol. The van der Waals surface area contributed by atoms with Crippen molar-refractivity contribution in [3.63, 3.8) is 0 Å². The zero-order valence-corrected chi connectivity index (χ0v) is 13.5. The smallest absolute Gasteiger partial charge is 0.0613 e. The molecule has 2 N–H and O–H groups in total. The van der Waals surface area contributed by atoms with Crippen LogP contribution < -0.4 is 5.32 Å². The molecule has 0 bridgehead atoms. The summed E-state index contributed by atoms with van der Waals surface area (Å²) in [6.45, 7) is 8.52. The number of hydrogen-bond donors (Lipinski definition) is 2. The molecule has 0 heterocycles.